The van der Waals surface area contributed by atoms with Gasteiger partial charge in [0.15, 0.2) is 0 Å². The summed E-state index contributed by atoms with van der Waals surface area (Å²) in [5, 5.41) is 8.62. The highest BCUT2D eigenvalue weighted by atomic mass is 16.5. The van der Waals surface area contributed by atoms with Gasteiger partial charge in [0.25, 0.3) is 0 Å². The molecular formula is C13H17NO3. The molecule has 0 bridgehead atoms. The van der Waals surface area contributed by atoms with Crippen LogP contribution in [0.1, 0.15) is 12.5 Å². The smallest absolute Gasteiger partial charge is 0.119 e. The summed E-state index contributed by atoms with van der Waals surface area (Å²) >= 11 is 0. The number of benzene rings is 1. The van der Waals surface area contributed by atoms with E-state index in [1.54, 1.807) is 24.3 Å². The first-order valence-corrected chi connectivity index (χ1v) is 5.65. The molecule has 0 heterocycles. The third-order valence-electron chi connectivity index (χ3n) is 2.06. The first-order valence-electron chi connectivity index (χ1n) is 5.65. The Morgan fingerprint density at radius 1 is 1.00 bits per heavy atom. The quantitative estimate of drug-likeness (QED) is 0.646. The number of nitriles is 1. The zero-order valence-electron chi connectivity index (χ0n) is 10.0. The van der Waals surface area contributed by atoms with Crippen LogP contribution in [0.15, 0.2) is 24.3 Å². The Morgan fingerprint density at radius 2 is 1.65 bits per heavy atom. The van der Waals surface area contributed by atoms with Crippen LogP contribution in [-0.4, -0.2) is 33.0 Å². The van der Waals surface area contributed by atoms with Crippen molar-refractivity contribution < 1.29 is 14.2 Å². The Kier molecular flexibility index (Phi) is 6.80. The van der Waals surface area contributed by atoms with E-state index in [-0.39, 0.29) is 0 Å². The van der Waals surface area contributed by atoms with Crippen molar-refractivity contribution >= 4 is 0 Å². The maximum absolute atomic E-state index is 8.62. The summed E-state index contributed by atoms with van der Waals surface area (Å²) in [6.07, 6.45) is 0. The van der Waals surface area contributed by atoms with Crippen molar-refractivity contribution in [3.63, 3.8) is 0 Å². The summed E-state index contributed by atoms with van der Waals surface area (Å²) in [7, 11) is 0. The van der Waals surface area contributed by atoms with E-state index >= 15 is 0 Å². The molecule has 0 spiro atoms. The molecule has 4 heteroatoms. The van der Waals surface area contributed by atoms with Gasteiger partial charge in [0.2, 0.25) is 0 Å². The number of hydrogen-bond acceptors (Lipinski definition) is 4. The van der Waals surface area contributed by atoms with Gasteiger partial charge < -0.3 is 14.2 Å². The lowest BCUT2D eigenvalue weighted by molar-refractivity contribution is 0.0405. The number of ether oxygens (including phenoxy) is 3. The second-order valence-corrected chi connectivity index (χ2v) is 3.29. The lowest BCUT2D eigenvalue weighted by Crippen LogP contribution is -2.10. The normalized spacial score (nSPS) is 9.88. The Bertz CT molecular complexity index is 343. The van der Waals surface area contributed by atoms with Gasteiger partial charge in [-0.25, -0.2) is 0 Å². The molecule has 1 aromatic carbocycles. The van der Waals surface area contributed by atoms with Crippen LogP contribution in [0.5, 0.6) is 5.75 Å². The highest BCUT2D eigenvalue weighted by molar-refractivity contribution is 5.34. The number of nitrogens with zero attached hydrogens (tertiary/aromatic N) is 1. The monoisotopic (exact) mass is 235 g/mol. The zero-order valence-corrected chi connectivity index (χ0v) is 10.0. The highest BCUT2D eigenvalue weighted by Gasteiger charge is 1.95. The third-order valence-corrected chi connectivity index (χ3v) is 2.06. The predicted molar refractivity (Wildman–Crippen MR) is 64.0 cm³/mol. The average Bonchev–Trinajstić information content (AvgIpc) is 2.38. The molecule has 17 heavy (non-hydrogen) atoms. The molecular weight excluding hydrogens is 218 g/mol. The van der Waals surface area contributed by atoms with Crippen LogP contribution in [0, 0.1) is 11.3 Å². The van der Waals surface area contributed by atoms with E-state index in [1.807, 2.05) is 6.92 Å². The van der Waals surface area contributed by atoms with Crippen LogP contribution < -0.4 is 4.74 Å². The Hall–Kier alpha value is -1.57. The largest absolute Gasteiger partial charge is 0.491 e. The van der Waals surface area contributed by atoms with E-state index in [0.717, 1.165) is 5.75 Å². The van der Waals surface area contributed by atoms with Crippen molar-refractivity contribution in [2.75, 3.05) is 33.0 Å². The van der Waals surface area contributed by atoms with Gasteiger partial charge in [0, 0.05) is 6.61 Å². The molecule has 0 saturated carbocycles. The van der Waals surface area contributed by atoms with Crippen LogP contribution >= 0.6 is 0 Å². The molecule has 0 atom stereocenters. The lowest BCUT2D eigenvalue weighted by Gasteiger charge is -2.07. The van der Waals surface area contributed by atoms with Gasteiger partial charge >= 0.3 is 0 Å². The lowest BCUT2D eigenvalue weighted by atomic mass is 10.2. The minimum atomic E-state index is 0.498. The predicted octanol–water partition coefficient (Wildman–Crippen LogP) is 1.99. The molecule has 0 aliphatic carbocycles. The third kappa shape index (κ3) is 5.91. The molecule has 0 amide bonds. The summed E-state index contributed by atoms with van der Waals surface area (Å²) in [5.74, 6) is 0.748. The van der Waals surface area contributed by atoms with E-state index in [1.165, 1.54) is 0 Å². The van der Waals surface area contributed by atoms with Crippen molar-refractivity contribution in [2.24, 2.45) is 0 Å². The Morgan fingerprint density at radius 3 is 2.29 bits per heavy atom. The van der Waals surface area contributed by atoms with Gasteiger partial charge in [0.1, 0.15) is 12.4 Å². The van der Waals surface area contributed by atoms with Crippen LogP contribution in [0.4, 0.5) is 0 Å². The van der Waals surface area contributed by atoms with Crippen LogP contribution in [0.3, 0.4) is 0 Å². The molecule has 0 fully saturated rings. The van der Waals surface area contributed by atoms with E-state index < -0.39 is 0 Å². The van der Waals surface area contributed by atoms with Crippen LogP contribution in [-0.2, 0) is 9.47 Å². The topological polar surface area (TPSA) is 51.5 Å². The standard InChI is InChI=1S/C13H17NO3/c1-2-15-7-8-16-9-10-17-13-5-3-12(11-14)4-6-13/h3-6H,2,7-10H2,1H3. The molecule has 0 aliphatic rings. The number of rotatable bonds is 8. The SMILES string of the molecule is CCOCCOCCOc1ccc(C#N)cc1. The van der Waals surface area contributed by atoms with Gasteiger partial charge in [-0.15, -0.1) is 0 Å². The molecule has 0 saturated heterocycles. The fraction of sp³-hybridized carbons (Fsp3) is 0.462. The van der Waals surface area contributed by atoms with E-state index in [2.05, 4.69) is 6.07 Å². The summed E-state index contributed by atoms with van der Waals surface area (Å²) in [4.78, 5) is 0. The van der Waals surface area contributed by atoms with Crippen molar-refractivity contribution in [3.05, 3.63) is 29.8 Å². The average molecular weight is 235 g/mol. The van der Waals surface area contributed by atoms with E-state index in [0.29, 0.717) is 38.6 Å². The highest BCUT2D eigenvalue weighted by Crippen LogP contribution is 2.11. The van der Waals surface area contributed by atoms with Crippen molar-refractivity contribution in [2.45, 2.75) is 6.92 Å². The molecule has 0 radical (unpaired) electrons. The maximum Gasteiger partial charge on any atom is 0.119 e. The van der Waals surface area contributed by atoms with E-state index in [4.69, 9.17) is 19.5 Å². The van der Waals surface area contributed by atoms with E-state index in [9.17, 15) is 0 Å². The molecule has 1 aromatic rings. The molecule has 0 aromatic heterocycles. The van der Waals surface area contributed by atoms with Gasteiger partial charge in [-0.1, -0.05) is 0 Å². The van der Waals surface area contributed by atoms with Crippen molar-refractivity contribution in [1.29, 1.82) is 5.26 Å². The van der Waals surface area contributed by atoms with Gasteiger partial charge in [-0.3, -0.25) is 0 Å². The minimum absolute atomic E-state index is 0.498. The summed E-state index contributed by atoms with van der Waals surface area (Å²) < 4.78 is 15.9. The van der Waals surface area contributed by atoms with Crippen molar-refractivity contribution in [3.8, 4) is 11.8 Å². The minimum Gasteiger partial charge on any atom is -0.491 e. The molecule has 0 unspecified atom stereocenters. The first kappa shape index (κ1) is 13.5. The molecule has 0 aliphatic heterocycles. The van der Waals surface area contributed by atoms with Crippen LogP contribution in [0.2, 0.25) is 0 Å². The summed E-state index contributed by atoms with van der Waals surface area (Å²) in [6.45, 7) is 4.90. The number of hydrogen-bond donors (Lipinski definition) is 0. The Labute approximate surface area is 102 Å². The second-order valence-electron chi connectivity index (χ2n) is 3.29. The molecule has 4 nitrogen and oxygen atoms in total. The van der Waals surface area contributed by atoms with Gasteiger partial charge in [-0.05, 0) is 31.2 Å². The summed E-state index contributed by atoms with van der Waals surface area (Å²) in [5.41, 5.74) is 0.630. The molecule has 1 rings (SSSR count). The van der Waals surface area contributed by atoms with Crippen molar-refractivity contribution in [1.82, 2.24) is 0 Å². The second kappa shape index (κ2) is 8.57. The fourth-order valence-electron chi connectivity index (χ4n) is 1.21. The maximum atomic E-state index is 8.62. The van der Waals surface area contributed by atoms with Crippen LogP contribution in [0.25, 0.3) is 0 Å². The molecule has 92 valence electrons. The molecule has 0 N–H and O–H groups in total. The fourth-order valence-corrected chi connectivity index (χ4v) is 1.21. The zero-order chi connectivity index (χ0) is 12.3. The first-order chi connectivity index (χ1) is 8.36. The summed E-state index contributed by atoms with van der Waals surface area (Å²) in [6, 6.07) is 9.06. The van der Waals surface area contributed by atoms with Gasteiger partial charge in [-0.2, -0.15) is 5.26 Å². The van der Waals surface area contributed by atoms with Gasteiger partial charge in [0.05, 0.1) is 31.5 Å². The Balaban J connectivity index is 2.08.